The summed E-state index contributed by atoms with van der Waals surface area (Å²) in [4.78, 5) is 10.5. The maximum absolute atomic E-state index is 10.5. The van der Waals surface area contributed by atoms with Crippen molar-refractivity contribution in [3.05, 3.63) is 23.8 Å². The minimum absolute atomic E-state index is 0.0502. The highest BCUT2D eigenvalue weighted by atomic mass is 16.5. The van der Waals surface area contributed by atoms with E-state index in [0.717, 1.165) is 24.2 Å². The van der Waals surface area contributed by atoms with Gasteiger partial charge in [0.1, 0.15) is 11.9 Å². The molecule has 1 amide bonds. The molecule has 0 saturated carbocycles. The highest BCUT2D eigenvalue weighted by Gasteiger charge is 2.19. The molecule has 1 aromatic carbocycles. The van der Waals surface area contributed by atoms with Gasteiger partial charge in [-0.2, -0.15) is 5.26 Å². The number of ether oxygens (including phenoxy) is 1. The maximum atomic E-state index is 10.5. The third kappa shape index (κ3) is 2.67. The predicted molar refractivity (Wildman–Crippen MR) is 61.1 cm³/mol. The van der Waals surface area contributed by atoms with Gasteiger partial charge in [-0.05, 0) is 36.6 Å². The van der Waals surface area contributed by atoms with Crippen molar-refractivity contribution in [3.63, 3.8) is 0 Å². The summed E-state index contributed by atoms with van der Waals surface area (Å²) in [5.41, 5.74) is 1.52. The van der Waals surface area contributed by atoms with Crippen molar-refractivity contribution in [2.75, 3.05) is 5.32 Å². The molecular formula is C12H12N2O3. The van der Waals surface area contributed by atoms with Gasteiger partial charge in [0.2, 0.25) is 0 Å². The first kappa shape index (κ1) is 11.3. The van der Waals surface area contributed by atoms with Crippen molar-refractivity contribution in [3.8, 4) is 11.8 Å². The molecule has 5 nitrogen and oxygen atoms in total. The lowest BCUT2D eigenvalue weighted by Crippen LogP contribution is -2.22. The number of aryl methyl sites for hydroxylation is 1. The Morgan fingerprint density at radius 2 is 2.47 bits per heavy atom. The number of benzene rings is 1. The van der Waals surface area contributed by atoms with Gasteiger partial charge in [0.15, 0.2) is 0 Å². The number of amides is 1. The minimum atomic E-state index is -1.08. The van der Waals surface area contributed by atoms with Crippen LogP contribution in [0.3, 0.4) is 0 Å². The Balaban J connectivity index is 2.14. The summed E-state index contributed by atoms with van der Waals surface area (Å²) in [7, 11) is 0. The van der Waals surface area contributed by atoms with Crippen molar-refractivity contribution in [2.24, 2.45) is 0 Å². The lowest BCUT2D eigenvalue weighted by atomic mass is 10.0. The van der Waals surface area contributed by atoms with E-state index in [9.17, 15) is 4.79 Å². The number of carbonyl (C=O) groups is 1. The summed E-state index contributed by atoms with van der Waals surface area (Å²) >= 11 is 0. The molecule has 2 rings (SSSR count). The van der Waals surface area contributed by atoms with Gasteiger partial charge in [-0.1, -0.05) is 0 Å². The molecule has 0 aliphatic carbocycles. The summed E-state index contributed by atoms with van der Waals surface area (Å²) in [5, 5.41) is 19.5. The first-order valence-electron chi connectivity index (χ1n) is 5.35. The molecule has 0 saturated heterocycles. The number of fused-ring (bicyclic) bond motifs is 1. The monoisotopic (exact) mass is 232 g/mol. The van der Waals surface area contributed by atoms with Crippen LogP contribution in [0.2, 0.25) is 0 Å². The number of nitriles is 1. The SMILES string of the molecule is N#CCC1CCc2cc(NC(=O)O)ccc2O1. The molecular weight excluding hydrogens is 220 g/mol. The number of nitrogens with one attached hydrogen (secondary N) is 1. The summed E-state index contributed by atoms with van der Waals surface area (Å²) in [5.74, 6) is 0.743. The van der Waals surface area contributed by atoms with Crippen LogP contribution >= 0.6 is 0 Å². The molecule has 1 aromatic rings. The van der Waals surface area contributed by atoms with Gasteiger partial charge in [0.25, 0.3) is 0 Å². The van der Waals surface area contributed by atoms with Crippen molar-refractivity contribution in [1.29, 1.82) is 5.26 Å². The predicted octanol–water partition coefficient (Wildman–Crippen LogP) is 2.38. The van der Waals surface area contributed by atoms with Crippen molar-refractivity contribution in [2.45, 2.75) is 25.4 Å². The number of hydrogen-bond donors (Lipinski definition) is 2. The van der Waals surface area contributed by atoms with E-state index in [4.69, 9.17) is 15.1 Å². The topological polar surface area (TPSA) is 82.4 Å². The van der Waals surface area contributed by atoms with Gasteiger partial charge in [-0.3, -0.25) is 5.32 Å². The van der Waals surface area contributed by atoms with E-state index in [0.29, 0.717) is 12.1 Å². The largest absolute Gasteiger partial charge is 0.489 e. The second kappa shape index (κ2) is 4.74. The van der Waals surface area contributed by atoms with Gasteiger partial charge in [0, 0.05) is 5.69 Å². The third-order valence-corrected chi connectivity index (χ3v) is 2.66. The Bertz CT molecular complexity index is 479. The minimum Gasteiger partial charge on any atom is -0.489 e. The first-order chi connectivity index (χ1) is 8.19. The van der Waals surface area contributed by atoms with Crippen LogP contribution in [-0.4, -0.2) is 17.3 Å². The zero-order valence-electron chi connectivity index (χ0n) is 9.14. The molecule has 2 N–H and O–H groups in total. The normalized spacial score (nSPS) is 17.5. The van der Waals surface area contributed by atoms with Gasteiger partial charge in [-0.25, -0.2) is 4.79 Å². The number of rotatable bonds is 2. The van der Waals surface area contributed by atoms with Gasteiger partial charge >= 0.3 is 6.09 Å². The van der Waals surface area contributed by atoms with Crippen LogP contribution in [0, 0.1) is 11.3 Å². The zero-order chi connectivity index (χ0) is 12.3. The van der Waals surface area contributed by atoms with Crippen LogP contribution in [0.4, 0.5) is 10.5 Å². The van der Waals surface area contributed by atoms with Crippen LogP contribution in [0.25, 0.3) is 0 Å². The molecule has 1 atom stereocenters. The van der Waals surface area contributed by atoms with Crippen molar-refractivity contribution < 1.29 is 14.6 Å². The van der Waals surface area contributed by atoms with Gasteiger partial charge in [-0.15, -0.1) is 0 Å². The second-order valence-electron chi connectivity index (χ2n) is 3.89. The van der Waals surface area contributed by atoms with Crippen LogP contribution in [-0.2, 0) is 6.42 Å². The standard InChI is InChI=1S/C12H12N2O3/c13-6-5-10-3-1-8-7-9(14-12(15)16)2-4-11(8)17-10/h2,4,7,10,14H,1,3,5H2,(H,15,16). The van der Waals surface area contributed by atoms with Gasteiger partial charge in [0.05, 0.1) is 12.5 Å². The Kier molecular flexibility index (Phi) is 3.15. The fourth-order valence-electron chi connectivity index (χ4n) is 1.89. The Morgan fingerprint density at radius 1 is 1.65 bits per heavy atom. The number of hydrogen-bond acceptors (Lipinski definition) is 3. The van der Waals surface area contributed by atoms with Crippen LogP contribution in [0.15, 0.2) is 18.2 Å². The van der Waals surface area contributed by atoms with E-state index >= 15 is 0 Å². The quantitative estimate of drug-likeness (QED) is 0.820. The molecule has 5 heteroatoms. The zero-order valence-corrected chi connectivity index (χ0v) is 9.14. The molecule has 0 fully saturated rings. The molecule has 88 valence electrons. The lowest BCUT2D eigenvalue weighted by molar-refractivity contribution is 0.178. The van der Waals surface area contributed by atoms with E-state index in [-0.39, 0.29) is 6.10 Å². The highest BCUT2D eigenvalue weighted by molar-refractivity contribution is 5.83. The number of carboxylic acid groups (broad SMARTS) is 1. The van der Waals surface area contributed by atoms with E-state index in [1.807, 2.05) is 0 Å². The maximum Gasteiger partial charge on any atom is 0.409 e. The molecule has 1 aliphatic rings. The molecule has 1 unspecified atom stereocenters. The number of anilines is 1. The first-order valence-corrected chi connectivity index (χ1v) is 5.35. The number of nitrogens with zero attached hydrogens (tertiary/aromatic N) is 1. The average Bonchev–Trinajstić information content (AvgIpc) is 2.29. The molecule has 17 heavy (non-hydrogen) atoms. The fourth-order valence-corrected chi connectivity index (χ4v) is 1.89. The smallest absolute Gasteiger partial charge is 0.409 e. The van der Waals surface area contributed by atoms with Crippen LogP contribution in [0.5, 0.6) is 5.75 Å². The molecule has 0 radical (unpaired) electrons. The third-order valence-electron chi connectivity index (χ3n) is 2.66. The van der Waals surface area contributed by atoms with E-state index in [2.05, 4.69) is 11.4 Å². The Hall–Kier alpha value is -2.22. The Morgan fingerprint density at radius 3 is 3.18 bits per heavy atom. The van der Waals surface area contributed by atoms with E-state index in [1.165, 1.54) is 0 Å². The van der Waals surface area contributed by atoms with Crippen LogP contribution in [0.1, 0.15) is 18.4 Å². The average molecular weight is 232 g/mol. The Labute approximate surface area is 98.6 Å². The summed E-state index contributed by atoms with van der Waals surface area (Å²) in [6, 6.07) is 7.26. The lowest BCUT2D eigenvalue weighted by Gasteiger charge is -2.24. The van der Waals surface area contributed by atoms with E-state index < -0.39 is 6.09 Å². The summed E-state index contributed by atoms with van der Waals surface area (Å²) in [6.07, 6.45) is 0.845. The molecule has 0 aromatic heterocycles. The highest BCUT2D eigenvalue weighted by Crippen LogP contribution is 2.30. The summed E-state index contributed by atoms with van der Waals surface area (Å²) < 4.78 is 5.63. The molecule has 0 spiro atoms. The van der Waals surface area contributed by atoms with Crippen molar-refractivity contribution in [1.82, 2.24) is 0 Å². The molecule has 1 heterocycles. The fraction of sp³-hybridized carbons (Fsp3) is 0.333. The van der Waals surface area contributed by atoms with Gasteiger partial charge < -0.3 is 9.84 Å². The van der Waals surface area contributed by atoms with Crippen molar-refractivity contribution >= 4 is 11.8 Å². The second-order valence-corrected chi connectivity index (χ2v) is 3.89. The summed E-state index contributed by atoms with van der Waals surface area (Å²) in [6.45, 7) is 0. The van der Waals surface area contributed by atoms with E-state index in [1.54, 1.807) is 18.2 Å². The molecule has 0 bridgehead atoms. The van der Waals surface area contributed by atoms with Crippen LogP contribution < -0.4 is 10.1 Å². The molecule has 1 aliphatic heterocycles.